The number of likely N-dealkylation sites (tertiary alicyclic amines) is 1. The Hall–Kier alpha value is -1.74. The number of nitrogens with zero attached hydrogens (tertiary/aromatic N) is 2. The van der Waals surface area contributed by atoms with Gasteiger partial charge in [0.15, 0.2) is 5.82 Å². The SMILES string of the molecule is COc1nc(O[C@H]2CCC(F)(F)C2)c(F)cc1CNC(=O)[C@@H]1CCCN1C.Cl. The summed E-state index contributed by atoms with van der Waals surface area (Å²) in [5, 5.41) is 2.77. The van der Waals surface area contributed by atoms with Crippen molar-refractivity contribution in [3.8, 4) is 11.8 Å². The van der Waals surface area contributed by atoms with Crippen molar-refractivity contribution in [3.05, 3.63) is 17.4 Å². The van der Waals surface area contributed by atoms with Crippen LogP contribution in [0.1, 0.15) is 37.7 Å². The molecule has 1 saturated carbocycles. The van der Waals surface area contributed by atoms with Crippen molar-refractivity contribution in [2.24, 2.45) is 0 Å². The molecule has 158 valence electrons. The molecule has 2 atom stereocenters. The van der Waals surface area contributed by atoms with Crippen molar-refractivity contribution in [1.82, 2.24) is 15.2 Å². The van der Waals surface area contributed by atoms with Gasteiger partial charge in [0.1, 0.15) is 6.10 Å². The number of likely N-dealkylation sites (N-methyl/N-ethyl adjacent to an activating group) is 1. The Morgan fingerprint density at radius 2 is 2.14 bits per heavy atom. The third-order valence-corrected chi connectivity index (χ3v) is 5.09. The number of methoxy groups -OCH3 is 1. The lowest BCUT2D eigenvalue weighted by atomic mass is 10.2. The van der Waals surface area contributed by atoms with Crippen molar-refractivity contribution in [3.63, 3.8) is 0 Å². The molecule has 0 spiro atoms. The molecule has 1 amide bonds. The Kier molecular flexibility index (Phi) is 7.39. The summed E-state index contributed by atoms with van der Waals surface area (Å²) in [6, 6.07) is 0.966. The number of amides is 1. The van der Waals surface area contributed by atoms with Crippen LogP contribution in [0.4, 0.5) is 13.2 Å². The summed E-state index contributed by atoms with van der Waals surface area (Å²) in [4.78, 5) is 18.2. The quantitative estimate of drug-likeness (QED) is 0.762. The molecule has 10 heteroatoms. The summed E-state index contributed by atoms with van der Waals surface area (Å²) in [6.07, 6.45) is 0.364. The standard InChI is InChI=1S/C18H24F3N3O3.ClH/c1-24-7-3-4-14(24)15(25)22-10-11-8-13(19)17(23-16(11)26-2)27-12-5-6-18(20,21)9-12;/h8,12,14H,3-7,9-10H2,1-2H3,(H,22,25);1H/t12-,14-;/m0./s1. The van der Waals surface area contributed by atoms with E-state index >= 15 is 0 Å². The van der Waals surface area contributed by atoms with E-state index in [4.69, 9.17) is 9.47 Å². The van der Waals surface area contributed by atoms with Gasteiger partial charge in [0, 0.05) is 24.9 Å². The molecule has 2 aliphatic rings. The number of hydrogen-bond donors (Lipinski definition) is 1. The molecular formula is C18H25ClF3N3O3. The maximum atomic E-state index is 14.3. The molecule has 0 aromatic carbocycles. The fraction of sp³-hybridized carbons (Fsp3) is 0.667. The van der Waals surface area contributed by atoms with E-state index in [1.54, 1.807) is 0 Å². The number of pyridine rings is 1. The van der Waals surface area contributed by atoms with Gasteiger partial charge in [0.2, 0.25) is 11.8 Å². The molecule has 1 aliphatic carbocycles. The zero-order valence-electron chi connectivity index (χ0n) is 15.8. The Morgan fingerprint density at radius 1 is 1.39 bits per heavy atom. The third-order valence-electron chi connectivity index (χ3n) is 5.09. The van der Waals surface area contributed by atoms with Gasteiger partial charge in [-0.25, -0.2) is 13.2 Å². The molecule has 1 aromatic heterocycles. The van der Waals surface area contributed by atoms with Gasteiger partial charge in [-0.3, -0.25) is 9.69 Å². The highest BCUT2D eigenvalue weighted by Crippen LogP contribution is 2.37. The van der Waals surface area contributed by atoms with Gasteiger partial charge >= 0.3 is 0 Å². The minimum absolute atomic E-state index is 0. The Labute approximate surface area is 168 Å². The van der Waals surface area contributed by atoms with E-state index in [9.17, 15) is 18.0 Å². The first-order valence-electron chi connectivity index (χ1n) is 9.05. The van der Waals surface area contributed by atoms with Gasteiger partial charge < -0.3 is 14.8 Å². The summed E-state index contributed by atoms with van der Waals surface area (Å²) >= 11 is 0. The van der Waals surface area contributed by atoms with Crippen LogP contribution in [0.15, 0.2) is 6.07 Å². The van der Waals surface area contributed by atoms with Crippen molar-refractivity contribution >= 4 is 18.3 Å². The Morgan fingerprint density at radius 3 is 2.71 bits per heavy atom. The highest BCUT2D eigenvalue weighted by molar-refractivity contribution is 5.85. The fourth-order valence-electron chi connectivity index (χ4n) is 3.59. The number of rotatable bonds is 6. The van der Waals surface area contributed by atoms with E-state index in [-0.39, 0.29) is 55.5 Å². The minimum Gasteiger partial charge on any atom is -0.481 e. The lowest BCUT2D eigenvalue weighted by Crippen LogP contribution is -2.41. The lowest BCUT2D eigenvalue weighted by molar-refractivity contribution is -0.125. The maximum absolute atomic E-state index is 14.3. The zero-order valence-corrected chi connectivity index (χ0v) is 16.7. The van der Waals surface area contributed by atoms with Gasteiger partial charge in [-0.1, -0.05) is 0 Å². The van der Waals surface area contributed by atoms with Crippen molar-refractivity contribution in [2.45, 2.75) is 56.7 Å². The van der Waals surface area contributed by atoms with Gasteiger partial charge in [0.05, 0.1) is 13.2 Å². The number of aromatic nitrogens is 1. The van der Waals surface area contributed by atoms with E-state index in [0.717, 1.165) is 25.5 Å². The number of carbonyl (C=O) groups is 1. The molecule has 1 aromatic rings. The Balaban J connectivity index is 0.00000280. The van der Waals surface area contributed by atoms with E-state index in [2.05, 4.69) is 10.3 Å². The van der Waals surface area contributed by atoms with Gasteiger partial charge in [0.25, 0.3) is 11.8 Å². The maximum Gasteiger partial charge on any atom is 0.254 e. The largest absolute Gasteiger partial charge is 0.481 e. The van der Waals surface area contributed by atoms with Crippen molar-refractivity contribution in [2.75, 3.05) is 20.7 Å². The highest BCUT2D eigenvalue weighted by atomic mass is 35.5. The zero-order chi connectivity index (χ0) is 19.6. The van der Waals surface area contributed by atoms with Crippen molar-refractivity contribution in [1.29, 1.82) is 0 Å². The summed E-state index contributed by atoms with van der Waals surface area (Å²) < 4.78 is 51.4. The van der Waals surface area contributed by atoms with E-state index < -0.39 is 24.3 Å². The third kappa shape index (κ3) is 5.20. The first-order valence-corrected chi connectivity index (χ1v) is 9.05. The van der Waals surface area contributed by atoms with Crippen LogP contribution in [0.5, 0.6) is 11.8 Å². The highest BCUT2D eigenvalue weighted by Gasteiger charge is 2.41. The summed E-state index contributed by atoms with van der Waals surface area (Å²) in [5.74, 6) is -3.96. The molecule has 0 radical (unpaired) electrons. The minimum atomic E-state index is -2.79. The number of halogens is 4. The second-order valence-electron chi connectivity index (χ2n) is 7.14. The van der Waals surface area contributed by atoms with Crippen LogP contribution in [0.25, 0.3) is 0 Å². The molecule has 1 aliphatic heterocycles. The molecule has 0 bridgehead atoms. The summed E-state index contributed by atoms with van der Waals surface area (Å²) in [7, 11) is 3.25. The van der Waals surface area contributed by atoms with Crippen LogP contribution in [0.3, 0.4) is 0 Å². The average Bonchev–Trinajstić information content (AvgIpc) is 3.19. The van der Waals surface area contributed by atoms with Crippen LogP contribution < -0.4 is 14.8 Å². The fourth-order valence-corrected chi connectivity index (χ4v) is 3.59. The van der Waals surface area contributed by atoms with Crippen LogP contribution in [0, 0.1) is 5.82 Å². The number of carbonyl (C=O) groups excluding carboxylic acids is 1. The molecule has 1 saturated heterocycles. The van der Waals surface area contributed by atoms with Crippen LogP contribution in [-0.4, -0.2) is 54.6 Å². The van der Waals surface area contributed by atoms with Crippen LogP contribution in [0.2, 0.25) is 0 Å². The molecule has 2 fully saturated rings. The topological polar surface area (TPSA) is 63.7 Å². The van der Waals surface area contributed by atoms with Gasteiger partial charge in [-0.2, -0.15) is 4.98 Å². The second kappa shape index (κ2) is 9.17. The van der Waals surface area contributed by atoms with E-state index in [1.807, 2.05) is 11.9 Å². The van der Waals surface area contributed by atoms with E-state index in [1.165, 1.54) is 7.11 Å². The molecule has 2 heterocycles. The van der Waals surface area contributed by atoms with Gasteiger partial charge in [-0.15, -0.1) is 12.4 Å². The molecule has 1 N–H and O–H groups in total. The summed E-state index contributed by atoms with van der Waals surface area (Å²) in [5.41, 5.74) is 0.355. The molecule has 28 heavy (non-hydrogen) atoms. The number of ether oxygens (including phenoxy) is 2. The van der Waals surface area contributed by atoms with E-state index in [0.29, 0.717) is 5.56 Å². The monoisotopic (exact) mass is 423 g/mol. The molecule has 0 unspecified atom stereocenters. The molecule has 3 rings (SSSR count). The van der Waals surface area contributed by atoms with Crippen LogP contribution in [-0.2, 0) is 11.3 Å². The number of nitrogens with one attached hydrogen (secondary N) is 1. The first kappa shape index (κ1) is 22.5. The average molecular weight is 424 g/mol. The van der Waals surface area contributed by atoms with Crippen LogP contribution >= 0.6 is 12.4 Å². The number of hydrogen-bond acceptors (Lipinski definition) is 5. The predicted octanol–water partition coefficient (Wildman–Crippen LogP) is 2.93. The van der Waals surface area contributed by atoms with Gasteiger partial charge in [-0.05, 0) is 38.9 Å². The lowest BCUT2D eigenvalue weighted by Gasteiger charge is -2.19. The summed E-state index contributed by atoms with van der Waals surface area (Å²) in [6.45, 7) is 0.919. The predicted molar refractivity (Wildman–Crippen MR) is 98.7 cm³/mol. The normalized spacial score (nSPS) is 23.9. The Bertz CT molecular complexity index is 708. The smallest absolute Gasteiger partial charge is 0.254 e. The molecule has 6 nitrogen and oxygen atoms in total. The molecular weight excluding hydrogens is 399 g/mol. The number of alkyl halides is 2. The second-order valence-corrected chi connectivity index (χ2v) is 7.14. The first-order chi connectivity index (χ1) is 12.8. The van der Waals surface area contributed by atoms with Crippen molar-refractivity contribution < 1.29 is 27.4 Å².